The fourth-order valence-electron chi connectivity index (χ4n) is 3.28. The normalized spacial score (nSPS) is 15.9. The third-order valence-corrected chi connectivity index (χ3v) is 4.76. The van der Waals surface area contributed by atoms with Gasteiger partial charge in [-0.2, -0.15) is 13.2 Å². The lowest BCUT2D eigenvalue weighted by Crippen LogP contribution is -2.44. The number of ether oxygens (including phenoxy) is 1. The molecule has 0 bridgehead atoms. The molecule has 2 aromatic carbocycles. The number of carbonyl (C=O) groups excluding carboxylic acids is 2. The summed E-state index contributed by atoms with van der Waals surface area (Å²) >= 11 is 0. The second-order valence-electron chi connectivity index (χ2n) is 7.36. The molecular weight excluding hydrogens is 442 g/mol. The quantitative estimate of drug-likeness (QED) is 0.639. The molecule has 32 heavy (non-hydrogen) atoms. The Kier molecular flexibility index (Phi) is 6.38. The van der Waals surface area contributed by atoms with Crippen molar-refractivity contribution in [2.45, 2.75) is 45.5 Å². The maximum Gasteiger partial charge on any atom is 0.389 e. The van der Waals surface area contributed by atoms with Crippen LogP contribution in [0.2, 0.25) is 0 Å². The fourth-order valence-corrected chi connectivity index (χ4v) is 3.28. The van der Waals surface area contributed by atoms with Gasteiger partial charge >= 0.3 is 6.18 Å². The highest BCUT2D eigenvalue weighted by Crippen LogP contribution is 2.42. The number of rotatable bonds is 5. The number of anilines is 2. The lowest BCUT2D eigenvalue weighted by Gasteiger charge is -2.34. The summed E-state index contributed by atoms with van der Waals surface area (Å²) in [7, 11) is 0. The number of hydrogen-bond donors (Lipinski definition) is 1. The van der Waals surface area contributed by atoms with Crippen molar-refractivity contribution in [2.24, 2.45) is 0 Å². The second-order valence-corrected chi connectivity index (χ2v) is 7.36. The van der Waals surface area contributed by atoms with Gasteiger partial charge in [0.25, 0.3) is 5.91 Å². The second kappa shape index (κ2) is 8.71. The van der Waals surface area contributed by atoms with Gasteiger partial charge in [-0.3, -0.25) is 9.59 Å². The third-order valence-electron chi connectivity index (χ3n) is 4.76. The molecule has 0 saturated heterocycles. The van der Waals surface area contributed by atoms with Crippen LogP contribution in [0, 0.1) is 24.4 Å². The summed E-state index contributed by atoms with van der Waals surface area (Å²) in [6, 6.07) is 4.01. The lowest BCUT2D eigenvalue weighted by molar-refractivity contribution is -0.142. The number of hydrogen-bond acceptors (Lipinski definition) is 3. The van der Waals surface area contributed by atoms with Gasteiger partial charge in [0.1, 0.15) is 11.6 Å². The molecular formula is C21H18F6N2O3. The van der Waals surface area contributed by atoms with E-state index in [4.69, 9.17) is 4.74 Å². The van der Waals surface area contributed by atoms with Crippen molar-refractivity contribution < 1.29 is 40.7 Å². The Morgan fingerprint density at radius 3 is 2.34 bits per heavy atom. The van der Waals surface area contributed by atoms with E-state index < -0.39 is 60.1 Å². The molecule has 1 atom stereocenters. The van der Waals surface area contributed by atoms with Crippen LogP contribution in [-0.2, 0) is 16.1 Å². The highest BCUT2D eigenvalue weighted by Gasteiger charge is 2.36. The van der Waals surface area contributed by atoms with E-state index in [1.807, 2.05) is 0 Å². The van der Waals surface area contributed by atoms with Crippen molar-refractivity contribution in [1.29, 1.82) is 0 Å². The standard InChI is InChI=1S/C21H18F6N2O3/c1-10-5-15-19(17(24)18(10)28-16(30)3-4-21(25,26)27)32-11(2)20(31)29(15)9-12-6-13(22)8-14(23)7-12/h5-8,11H,3-4,9H2,1-2H3,(H,28,30)/t11-/m0/s1. The first kappa shape index (κ1) is 23.4. The summed E-state index contributed by atoms with van der Waals surface area (Å²) in [6.07, 6.45) is -7.97. The summed E-state index contributed by atoms with van der Waals surface area (Å²) in [5, 5.41) is 2.11. The molecule has 1 N–H and O–H groups in total. The minimum atomic E-state index is -4.55. The number of nitrogens with one attached hydrogen (secondary N) is 1. The van der Waals surface area contributed by atoms with Gasteiger partial charge in [0.2, 0.25) is 5.91 Å². The first-order chi connectivity index (χ1) is 14.9. The van der Waals surface area contributed by atoms with Gasteiger partial charge in [0.05, 0.1) is 24.3 Å². The molecule has 5 nitrogen and oxygen atoms in total. The lowest BCUT2D eigenvalue weighted by atomic mass is 10.1. The van der Waals surface area contributed by atoms with E-state index in [1.165, 1.54) is 19.9 Å². The van der Waals surface area contributed by atoms with E-state index in [1.54, 1.807) is 0 Å². The van der Waals surface area contributed by atoms with Crippen molar-refractivity contribution in [3.63, 3.8) is 0 Å². The molecule has 1 aliphatic rings. The number of aryl methyl sites for hydroxylation is 1. The zero-order valence-corrected chi connectivity index (χ0v) is 16.9. The molecule has 2 amide bonds. The topological polar surface area (TPSA) is 58.6 Å². The Labute approximate surface area is 179 Å². The van der Waals surface area contributed by atoms with Crippen molar-refractivity contribution >= 4 is 23.2 Å². The number of amides is 2. The van der Waals surface area contributed by atoms with Gasteiger partial charge in [-0.25, -0.2) is 13.2 Å². The van der Waals surface area contributed by atoms with E-state index >= 15 is 4.39 Å². The molecule has 0 aromatic heterocycles. The summed E-state index contributed by atoms with van der Waals surface area (Å²) < 4.78 is 84.6. The Morgan fingerprint density at radius 2 is 1.75 bits per heavy atom. The summed E-state index contributed by atoms with van der Waals surface area (Å²) in [5.41, 5.74) is -0.197. The zero-order valence-electron chi connectivity index (χ0n) is 16.9. The van der Waals surface area contributed by atoms with Crippen molar-refractivity contribution in [1.82, 2.24) is 0 Å². The van der Waals surface area contributed by atoms with Crippen LogP contribution in [0.3, 0.4) is 0 Å². The Bertz CT molecular complexity index is 1050. The predicted molar refractivity (Wildman–Crippen MR) is 103 cm³/mol. The highest BCUT2D eigenvalue weighted by atomic mass is 19.4. The minimum Gasteiger partial charge on any atom is -0.476 e. The molecule has 3 rings (SSSR count). The molecule has 11 heteroatoms. The van der Waals surface area contributed by atoms with Gasteiger partial charge in [0.15, 0.2) is 17.7 Å². The predicted octanol–water partition coefficient (Wildman–Crippen LogP) is 5.01. The van der Waals surface area contributed by atoms with E-state index in [0.29, 0.717) is 6.07 Å². The van der Waals surface area contributed by atoms with Crippen LogP contribution >= 0.6 is 0 Å². The van der Waals surface area contributed by atoms with Gasteiger partial charge in [-0.1, -0.05) is 0 Å². The highest BCUT2D eigenvalue weighted by molar-refractivity contribution is 6.01. The minimum absolute atomic E-state index is 0.0407. The molecule has 172 valence electrons. The number of benzene rings is 2. The number of carbonyl (C=O) groups is 2. The maximum atomic E-state index is 15.2. The van der Waals surface area contributed by atoms with E-state index in [9.17, 15) is 31.5 Å². The number of fused-ring (bicyclic) bond motifs is 1. The average Bonchev–Trinajstić information content (AvgIpc) is 2.67. The van der Waals surface area contributed by atoms with Crippen LogP contribution in [0.25, 0.3) is 0 Å². The molecule has 0 radical (unpaired) electrons. The molecule has 0 spiro atoms. The number of nitrogens with zero attached hydrogens (tertiary/aromatic N) is 1. The molecule has 2 aromatic rings. The van der Waals surface area contributed by atoms with Gasteiger partial charge in [-0.15, -0.1) is 0 Å². The Hall–Kier alpha value is -3.24. The van der Waals surface area contributed by atoms with Crippen LogP contribution in [0.15, 0.2) is 24.3 Å². The van der Waals surface area contributed by atoms with Crippen LogP contribution in [0.5, 0.6) is 5.75 Å². The largest absolute Gasteiger partial charge is 0.476 e. The summed E-state index contributed by atoms with van der Waals surface area (Å²) in [6.45, 7) is 2.43. The fraction of sp³-hybridized carbons (Fsp3) is 0.333. The molecule has 0 saturated carbocycles. The van der Waals surface area contributed by atoms with Gasteiger partial charge in [-0.05, 0) is 43.2 Å². The van der Waals surface area contributed by atoms with Gasteiger partial charge in [0, 0.05) is 12.5 Å². The van der Waals surface area contributed by atoms with E-state index in [2.05, 4.69) is 5.32 Å². The van der Waals surface area contributed by atoms with E-state index in [-0.39, 0.29) is 29.0 Å². The van der Waals surface area contributed by atoms with Crippen LogP contribution in [0.1, 0.15) is 30.9 Å². The SMILES string of the molecule is Cc1cc2c(c(F)c1NC(=O)CCC(F)(F)F)O[C@@H](C)C(=O)N2Cc1cc(F)cc(F)c1. The van der Waals surface area contributed by atoms with Crippen LogP contribution < -0.4 is 15.0 Å². The molecule has 1 heterocycles. The number of halogens is 6. The summed E-state index contributed by atoms with van der Waals surface area (Å²) in [5.74, 6) is -4.83. The van der Waals surface area contributed by atoms with Crippen molar-refractivity contribution in [3.8, 4) is 5.75 Å². The van der Waals surface area contributed by atoms with Crippen LogP contribution in [-0.4, -0.2) is 24.1 Å². The molecule has 0 unspecified atom stereocenters. The van der Waals surface area contributed by atoms with Gasteiger partial charge < -0.3 is 15.0 Å². The average molecular weight is 460 g/mol. The zero-order chi connectivity index (χ0) is 23.8. The Morgan fingerprint density at radius 1 is 1.12 bits per heavy atom. The van der Waals surface area contributed by atoms with Crippen LogP contribution in [0.4, 0.5) is 37.7 Å². The summed E-state index contributed by atoms with van der Waals surface area (Å²) in [4.78, 5) is 25.6. The number of alkyl halides is 3. The molecule has 0 aliphatic carbocycles. The van der Waals surface area contributed by atoms with Crippen molar-refractivity contribution in [3.05, 3.63) is 52.8 Å². The monoisotopic (exact) mass is 460 g/mol. The molecule has 1 aliphatic heterocycles. The first-order valence-corrected chi connectivity index (χ1v) is 9.48. The van der Waals surface area contributed by atoms with Crippen molar-refractivity contribution in [2.75, 3.05) is 10.2 Å². The Balaban J connectivity index is 1.94. The smallest absolute Gasteiger partial charge is 0.389 e. The van der Waals surface area contributed by atoms with E-state index in [0.717, 1.165) is 17.0 Å². The maximum absolute atomic E-state index is 15.2. The first-order valence-electron chi connectivity index (χ1n) is 9.48. The third kappa shape index (κ3) is 5.14. The molecule has 0 fully saturated rings.